The fourth-order valence-corrected chi connectivity index (χ4v) is 6.64. The van der Waals surface area contributed by atoms with Crippen molar-refractivity contribution in [3.05, 3.63) is 75.9 Å². The molecule has 0 unspecified atom stereocenters. The molecule has 2 atom stereocenters. The summed E-state index contributed by atoms with van der Waals surface area (Å²) in [7, 11) is 1.75. The summed E-state index contributed by atoms with van der Waals surface area (Å²) in [5, 5.41) is 19.0. The second kappa shape index (κ2) is 9.04. The highest BCUT2D eigenvalue weighted by Gasteiger charge is 2.60. The molecule has 1 saturated heterocycles. The Labute approximate surface area is 228 Å². The van der Waals surface area contributed by atoms with E-state index in [0.29, 0.717) is 41.6 Å². The normalized spacial score (nSPS) is 24.3. The first-order chi connectivity index (χ1) is 19.1. The van der Waals surface area contributed by atoms with E-state index < -0.39 is 23.6 Å². The first kappa shape index (κ1) is 25.5. The fraction of sp³-hybridized carbons (Fsp3) is 0.483. The van der Waals surface area contributed by atoms with E-state index in [2.05, 4.69) is 15.2 Å². The van der Waals surface area contributed by atoms with E-state index in [1.54, 1.807) is 22.2 Å². The van der Waals surface area contributed by atoms with Crippen LogP contribution in [0.25, 0.3) is 16.6 Å². The van der Waals surface area contributed by atoms with Crippen molar-refractivity contribution in [2.45, 2.75) is 68.2 Å². The van der Waals surface area contributed by atoms with Crippen LogP contribution in [0.5, 0.6) is 0 Å². The molecule has 1 aromatic carbocycles. The molecule has 8 nitrogen and oxygen atoms in total. The van der Waals surface area contributed by atoms with E-state index in [4.69, 9.17) is 0 Å². The maximum absolute atomic E-state index is 14.3. The molecule has 4 heterocycles. The number of nitrogens with zero attached hydrogens (tertiary/aromatic N) is 5. The fourth-order valence-electron chi connectivity index (χ4n) is 6.64. The van der Waals surface area contributed by atoms with Gasteiger partial charge < -0.3 is 14.7 Å². The van der Waals surface area contributed by atoms with Crippen LogP contribution in [-0.4, -0.2) is 65.6 Å². The predicted molar refractivity (Wildman–Crippen MR) is 143 cm³/mol. The molecule has 3 aromatic heterocycles. The van der Waals surface area contributed by atoms with Crippen molar-refractivity contribution in [2.75, 3.05) is 13.1 Å². The Morgan fingerprint density at radius 2 is 1.98 bits per heavy atom. The summed E-state index contributed by atoms with van der Waals surface area (Å²) in [6, 6.07) is 9.26. The van der Waals surface area contributed by atoms with Gasteiger partial charge in [-0.1, -0.05) is 12.1 Å². The highest BCUT2D eigenvalue weighted by atomic mass is 19.3. The number of pyridine rings is 1. The molecule has 0 radical (unpaired) electrons. The summed E-state index contributed by atoms with van der Waals surface area (Å²) >= 11 is 0. The lowest BCUT2D eigenvalue weighted by molar-refractivity contribution is -0.116. The molecule has 1 aliphatic heterocycles. The number of aromatic nitrogens is 5. The molecule has 210 valence electrons. The van der Waals surface area contributed by atoms with Gasteiger partial charge in [0.2, 0.25) is 0 Å². The van der Waals surface area contributed by atoms with Crippen LogP contribution >= 0.6 is 0 Å². The number of piperidine rings is 1. The molecule has 3 aliphatic rings. The summed E-state index contributed by atoms with van der Waals surface area (Å²) in [6.07, 6.45) is 2.80. The predicted octanol–water partition coefficient (Wildman–Crippen LogP) is 3.94. The highest BCUT2D eigenvalue weighted by Crippen LogP contribution is 2.56. The van der Waals surface area contributed by atoms with Gasteiger partial charge in [0.15, 0.2) is 0 Å². The lowest BCUT2D eigenvalue weighted by Gasteiger charge is -2.46. The molecular weight excluding hydrogens is 521 g/mol. The summed E-state index contributed by atoms with van der Waals surface area (Å²) in [4.78, 5) is 19.1. The summed E-state index contributed by atoms with van der Waals surface area (Å²) in [5.74, 6) is -1.97. The Morgan fingerprint density at radius 1 is 1.18 bits per heavy atom. The average molecular weight is 553 g/mol. The number of aryl methyl sites for hydroxylation is 1. The average Bonchev–Trinajstić information content (AvgIpc) is 3.52. The number of aliphatic hydroxyl groups excluding tert-OH is 1. The smallest absolute Gasteiger partial charge is 0.279 e. The van der Waals surface area contributed by atoms with Gasteiger partial charge in [-0.25, -0.2) is 13.2 Å². The van der Waals surface area contributed by atoms with Gasteiger partial charge in [-0.05, 0) is 54.5 Å². The van der Waals surface area contributed by atoms with Crippen molar-refractivity contribution in [1.29, 1.82) is 0 Å². The number of benzene rings is 1. The van der Waals surface area contributed by atoms with Gasteiger partial charge in [0, 0.05) is 62.5 Å². The van der Waals surface area contributed by atoms with E-state index in [-0.39, 0.29) is 31.4 Å². The first-order valence-electron chi connectivity index (χ1n) is 13.8. The van der Waals surface area contributed by atoms with Crippen molar-refractivity contribution in [3.8, 4) is 5.69 Å². The third-order valence-corrected chi connectivity index (χ3v) is 8.82. The van der Waals surface area contributed by atoms with Crippen molar-refractivity contribution < 1.29 is 18.3 Å². The maximum atomic E-state index is 14.3. The van der Waals surface area contributed by atoms with Gasteiger partial charge in [0.1, 0.15) is 23.8 Å². The molecule has 2 saturated carbocycles. The number of hydrogen-bond acceptors (Lipinski definition) is 5. The molecule has 4 aromatic rings. The minimum absolute atomic E-state index is 0.225. The number of alkyl halides is 3. The van der Waals surface area contributed by atoms with E-state index >= 15 is 0 Å². The topological polar surface area (TPSA) is 92.0 Å². The van der Waals surface area contributed by atoms with Crippen LogP contribution in [0, 0.1) is 0 Å². The van der Waals surface area contributed by atoms with E-state index in [0.717, 1.165) is 29.5 Å². The van der Waals surface area contributed by atoms with Crippen LogP contribution in [-0.2, 0) is 19.0 Å². The minimum Gasteiger partial charge on any atom is -0.389 e. The molecule has 7 rings (SSSR count). The molecule has 2 aliphatic carbocycles. The van der Waals surface area contributed by atoms with Crippen molar-refractivity contribution in [1.82, 2.24) is 29.2 Å². The molecule has 11 heteroatoms. The van der Waals surface area contributed by atoms with Crippen LogP contribution in [0.3, 0.4) is 0 Å². The Kier molecular flexibility index (Phi) is 5.77. The van der Waals surface area contributed by atoms with Crippen LogP contribution in [0.1, 0.15) is 60.7 Å². The van der Waals surface area contributed by atoms with Gasteiger partial charge in [0.05, 0.1) is 11.5 Å². The quantitative estimate of drug-likeness (QED) is 0.378. The zero-order valence-corrected chi connectivity index (χ0v) is 22.2. The number of aromatic amines is 1. The number of rotatable bonds is 6. The number of aliphatic hydroxyl groups is 1. The molecule has 0 spiro atoms. The van der Waals surface area contributed by atoms with E-state index in [9.17, 15) is 23.1 Å². The Balaban J connectivity index is 1.29. The first-order valence-corrected chi connectivity index (χ1v) is 13.8. The van der Waals surface area contributed by atoms with E-state index in [1.807, 2.05) is 35.4 Å². The van der Waals surface area contributed by atoms with Crippen LogP contribution in [0.4, 0.5) is 13.2 Å². The van der Waals surface area contributed by atoms with Crippen molar-refractivity contribution in [3.63, 3.8) is 0 Å². The Bertz CT molecular complexity index is 1650. The third kappa shape index (κ3) is 4.17. The largest absolute Gasteiger partial charge is 0.389 e. The van der Waals surface area contributed by atoms with Crippen LogP contribution < -0.4 is 5.56 Å². The zero-order chi connectivity index (χ0) is 27.8. The van der Waals surface area contributed by atoms with Crippen molar-refractivity contribution in [2.24, 2.45) is 7.05 Å². The zero-order valence-electron chi connectivity index (χ0n) is 22.2. The SMILES string of the molecule is Cn1cnnc1C1(c2cccc(-n3cc(C4CC4)c4cc(CN5CC[C@@H](F)[C@H](O)C5)[nH]c4c3=O)c2)CC(F)(F)C1. The van der Waals surface area contributed by atoms with Gasteiger partial charge in [-0.15, -0.1) is 10.2 Å². The minimum atomic E-state index is -2.80. The van der Waals surface area contributed by atoms with Gasteiger partial charge in [0.25, 0.3) is 11.5 Å². The maximum Gasteiger partial charge on any atom is 0.279 e. The second-order valence-electron chi connectivity index (χ2n) is 11.8. The number of H-pyrrole nitrogens is 1. The molecule has 3 fully saturated rings. The van der Waals surface area contributed by atoms with Gasteiger partial charge in [-0.2, -0.15) is 0 Å². The summed E-state index contributed by atoms with van der Waals surface area (Å²) in [5.41, 5.74) is 2.46. The molecule has 0 amide bonds. The Morgan fingerprint density at radius 3 is 2.65 bits per heavy atom. The molecule has 2 N–H and O–H groups in total. The number of hydrogen-bond donors (Lipinski definition) is 2. The number of likely N-dealkylation sites (tertiary alicyclic amines) is 1. The lowest BCUT2D eigenvalue weighted by atomic mass is 9.61. The van der Waals surface area contributed by atoms with Crippen LogP contribution in [0.15, 0.2) is 47.7 Å². The summed E-state index contributed by atoms with van der Waals surface area (Å²) in [6.45, 7) is 1.26. The molecule has 40 heavy (non-hydrogen) atoms. The van der Waals surface area contributed by atoms with Gasteiger partial charge >= 0.3 is 0 Å². The van der Waals surface area contributed by atoms with Gasteiger partial charge in [-0.3, -0.25) is 14.3 Å². The third-order valence-electron chi connectivity index (χ3n) is 8.82. The second-order valence-corrected chi connectivity index (χ2v) is 11.8. The molecular formula is C29H31F3N6O2. The lowest BCUT2D eigenvalue weighted by Crippen LogP contribution is -2.51. The van der Waals surface area contributed by atoms with Crippen LogP contribution in [0.2, 0.25) is 0 Å². The standard InChI is InChI=1S/C29H31F3N6O2/c1-36-16-33-35-27(36)28(14-29(31,32)15-28)18-3-2-4-20(9-18)38-12-22(17-5-6-17)21-10-19(34-25(21)26(38)40)11-37-8-7-23(30)24(39)13-37/h2-4,9-10,12,16-17,23-24,34,39H,5-8,11,13-15H2,1H3/t23-,24-/m1/s1. The number of halogens is 3. The van der Waals surface area contributed by atoms with E-state index in [1.165, 1.54) is 6.33 Å². The highest BCUT2D eigenvalue weighted by molar-refractivity contribution is 5.84. The molecule has 0 bridgehead atoms. The number of nitrogens with one attached hydrogen (secondary N) is 1. The van der Waals surface area contributed by atoms with Crippen molar-refractivity contribution >= 4 is 10.9 Å². The monoisotopic (exact) mass is 552 g/mol. The Hall–Kier alpha value is -3.44. The number of fused-ring (bicyclic) bond motifs is 1. The number of β-amino-alcohol motifs (C(OH)–C–C–N with tert-alkyl or cyclic N) is 1. The summed E-state index contributed by atoms with van der Waals surface area (Å²) < 4.78 is 45.7.